The number of hydrogen-bond donors (Lipinski definition) is 3. The smallest absolute Gasteiger partial charge is 0.190 e. The molecule has 4 heteroatoms. The fourth-order valence-corrected chi connectivity index (χ4v) is 1.24. The zero-order valence-electron chi connectivity index (χ0n) is 6.49. The number of hydrogen-bond acceptors (Lipinski definition) is 4. The Kier molecular flexibility index (Phi) is 1.39. The molecule has 0 atom stereocenters. The number of nitrogens with two attached hydrogens (primary N) is 2. The van der Waals surface area contributed by atoms with E-state index in [0.29, 0.717) is 0 Å². The molecule has 62 valence electrons. The van der Waals surface area contributed by atoms with Crippen LogP contribution in [0.4, 0.5) is 5.69 Å². The predicted octanol–water partition coefficient (Wildman–Crippen LogP) is 0.168. The Morgan fingerprint density at radius 1 is 1.25 bits per heavy atom. The van der Waals surface area contributed by atoms with Gasteiger partial charge in [-0.2, -0.15) is 0 Å². The van der Waals surface area contributed by atoms with Crippen LogP contribution in [0.3, 0.4) is 0 Å². The molecule has 1 aliphatic rings. The van der Waals surface area contributed by atoms with Gasteiger partial charge < -0.3 is 5.32 Å². The van der Waals surface area contributed by atoms with E-state index in [1.54, 1.807) is 0 Å². The Morgan fingerprint density at radius 3 is 2.75 bits per heavy atom. The summed E-state index contributed by atoms with van der Waals surface area (Å²) in [5.74, 6) is -1.08. The normalized spacial score (nSPS) is 18.2. The molecular weight excluding hydrogens is 152 g/mol. The van der Waals surface area contributed by atoms with Gasteiger partial charge in [0.2, 0.25) is 0 Å². The number of fused-ring (bicyclic) bond motifs is 1. The number of aliphatic imine (C=N–C) groups is 1. The van der Waals surface area contributed by atoms with Crippen LogP contribution in [0.2, 0.25) is 0 Å². The number of anilines is 1. The van der Waals surface area contributed by atoms with E-state index < -0.39 is 5.79 Å². The third-order valence-corrected chi connectivity index (χ3v) is 1.86. The fourth-order valence-electron chi connectivity index (χ4n) is 1.24. The van der Waals surface area contributed by atoms with Gasteiger partial charge in [0.25, 0.3) is 0 Å². The minimum absolute atomic E-state index is 0.813. The predicted molar refractivity (Wildman–Crippen MR) is 48.6 cm³/mol. The van der Waals surface area contributed by atoms with E-state index in [0.717, 1.165) is 11.3 Å². The largest absolute Gasteiger partial charge is 0.346 e. The summed E-state index contributed by atoms with van der Waals surface area (Å²) in [6.45, 7) is 0. The lowest BCUT2D eigenvalue weighted by atomic mass is 10.1. The van der Waals surface area contributed by atoms with Crippen molar-refractivity contribution in [1.82, 2.24) is 0 Å². The average Bonchev–Trinajstić information content (AvgIpc) is 2.04. The van der Waals surface area contributed by atoms with E-state index in [1.165, 1.54) is 6.34 Å². The van der Waals surface area contributed by atoms with Gasteiger partial charge in [-0.25, -0.2) is 4.99 Å². The standard InChI is InChI=1S/C8H10N4/c9-8(10)6-3-1-2-4-7(6)11-5-12-8/h1-5H,9-10H2,(H,11,12). The molecule has 0 aliphatic carbocycles. The zero-order valence-corrected chi connectivity index (χ0v) is 6.49. The van der Waals surface area contributed by atoms with Crippen molar-refractivity contribution in [1.29, 1.82) is 0 Å². The Morgan fingerprint density at radius 2 is 2.00 bits per heavy atom. The molecule has 1 aromatic carbocycles. The first-order valence-corrected chi connectivity index (χ1v) is 3.68. The summed E-state index contributed by atoms with van der Waals surface area (Å²) in [6, 6.07) is 7.57. The molecule has 1 heterocycles. The summed E-state index contributed by atoms with van der Waals surface area (Å²) in [6.07, 6.45) is 1.52. The molecule has 0 aromatic heterocycles. The number of benzene rings is 1. The highest BCUT2D eigenvalue weighted by molar-refractivity contribution is 5.80. The van der Waals surface area contributed by atoms with Crippen molar-refractivity contribution >= 4 is 12.0 Å². The second-order valence-corrected chi connectivity index (χ2v) is 2.77. The fraction of sp³-hybridized carbons (Fsp3) is 0.125. The second kappa shape index (κ2) is 2.30. The summed E-state index contributed by atoms with van der Waals surface area (Å²) in [4.78, 5) is 3.92. The maximum absolute atomic E-state index is 5.73. The van der Waals surface area contributed by atoms with Gasteiger partial charge in [-0.15, -0.1) is 0 Å². The van der Waals surface area contributed by atoms with Crippen molar-refractivity contribution < 1.29 is 0 Å². The highest BCUT2D eigenvalue weighted by Gasteiger charge is 2.25. The van der Waals surface area contributed by atoms with E-state index in [1.807, 2.05) is 24.3 Å². The van der Waals surface area contributed by atoms with Crippen molar-refractivity contribution in [2.75, 3.05) is 5.32 Å². The van der Waals surface area contributed by atoms with Gasteiger partial charge in [-0.3, -0.25) is 11.5 Å². The molecule has 0 saturated heterocycles. The summed E-state index contributed by atoms with van der Waals surface area (Å²) >= 11 is 0. The van der Waals surface area contributed by atoms with E-state index in [-0.39, 0.29) is 0 Å². The molecule has 4 nitrogen and oxygen atoms in total. The zero-order chi connectivity index (χ0) is 8.60. The summed E-state index contributed by atoms with van der Waals surface area (Å²) in [5.41, 5.74) is 13.2. The van der Waals surface area contributed by atoms with Gasteiger partial charge in [-0.1, -0.05) is 18.2 Å². The van der Waals surface area contributed by atoms with Crippen LogP contribution in [-0.4, -0.2) is 6.34 Å². The minimum Gasteiger partial charge on any atom is -0.346 e. The molecule has 0 saturated carbocycles. The highest BCUT2D eigenvalue weighted by Crippen LogP contribution is 2.25. The summed E-state index contributed by atoms with van der Waals surface area (Å²) < 4.78 is 0. The van der Waals surface area contributed by atoms with Gasteiger partial charge >= 0.3 is 0 Å². The number of nitrogens with one attached hydrogen (secondary N) is 1. The van der Waals surface area contributed by atoms with Crippen LogP contribution < -0.4 is 16.8 Å². The molecule has 1 aliphatic heterocycles. The first kappa shape index (κ1) is 7.27. The molecule has 1 aromatic rings. The molecule has 0 unspecified atom stereocenters. The number of nitrogens with zero attached hydrogens (tertiary/aromatic N) is 1. The molecule has 0 radical (unpaired) electrons. The first-order valence-electron chi connectivity index (χ1n) is 3.68. The van der Waals surface area contributed by atoms with E-state index in [2.05, 4.69) is 10.3 Å². The van der Waals surface area contributed by atoms with E-state index in [4.69, 9.17) is 11.5 Å². The number of para-hydroxylation sites is 1. The third-order valence-electron chi connectivity index (χ3n) is 1.86. The molecule has 0 bridgehead atoms. The van der Waals surface area contributed by atoms with Crippen LogP contribution >= 0.6 is 0 Å². The van der Waals surface area contributed by atoms with Crippen LogP contribution in [-0.2, 0) is 5.79 Å². The summed E-state index contributed by atoms with van der Waals surface area (Å²) in [5, 5.41) is 2.97. The monoisotopic (exact) mass is 162 g/mol. The number of rotatable bonds is 0. The topological polar surface area (TPSA) is 76.4 Å². The van der Waals surface area contributed by atoms with Gasteiger partial charge in [0.15, 0.2) is 5.79 Å². The quantitative estimate of drug-likeness (QED) is 0.476. The average molecular weight is 162 g/mol. The van der Waals surface area contributed by atoms with Gasteiger partial charge in [0, 0.05) is 11.3 Å². The van der Waals surface area contributed by atoms with Crippen molar-refractivity contribution in [3.05, 3.63) is 29.8 Å². The van der Waals surface area contributed by atoms with Gasteiger partial charge in [0.1, 0.15) is 0 Å². The lowest BCUT2D eigenvalue weighted by molar-refractivity contribution is 0.492. The Labute approximate surface area is 70.3 Å². The van der Waals surface area contributed by atoms with Crippen molar-refractivity contribution in [3.63, 3.8) is 0 Å². The molecule has 5 N–H and O–H groups in total. The third kappa shape index (κ3) is 0.975. The Hall–Kier alpha value is -1.39. The van der Waals surface area contributed by atoms with Crippen LogP contribution in [0, 0.1) is 0 Å². The second-order valence-electron chi connectivity index (χ2n) is 2.77. The molecule has 2 rings (SSSR count). The van der Waals surface area contributed by atoms with Gasteiger partial charge in [0.05, 0.1) is 6.34 Å². The minimum atomic E-state index is -1.08. The SMILES string of the molecule is NC1(N)N=CNc2ccccc21. The summed E-state index contributed by atoms with van der Waals surface area (Å²) in [7, 11) is 0. The molecule has 12 heavy (non-hydrogen) atoms. The molecule has 0 spiro atoms. The van der Waals surface area contributed by atoms with Crippen LogP contribution in [0.1, 0.15) is 5.56 Å². The van der Waals surface area contributed by atoms with Crippen LogP contribution in [0.5, 0.6) is 0 Å². The lowest BCUT2D eigenvalue weighted by Crippen LogP contribution is -2.46. The van der Waals surface area contributed by atoms with E-state index in [9.17, 15) is 0 Å². The highest BCUT2D eigenvalue weighted by atomic mass is 15.2. The molecule has 0 fully saturated rings. The first-order chi connectivity index (χ1) is 5.70. The maximum Gasteiger partial charge on any atom is 0.190 e. The Bertz CT molecular complexity index is 330. The maximum atomic E-state index is 5.73. The van der Waals surface area contributed by atoms with Crippen molar-refractivity contribution in [2.24, 2.45) is 16.5 Å². The Balaban J connectivity index is 2.58. The van der Waals surface area contributed by atoms with Crippen LogP contribution in [0.15, 0.2) is 29.3 Å². The lowest BCUT2D eigenvalue weighted by Gasteiger charge is -2.26. The molecule has 0 amide bonds. The molecular formula is C8H10N4. The van der Waals surface area contributed by atoms with E-state index >= 15 is 0 Å². The van der Waals surface area contributed by atoms with Crippen molar-refractivity contribution in [3.8, 4) is 0 Å². The van der Waals surface area contributed by atoms with Crippen LogP contribution in [0.25, 0.3) is 0 Å². The van der Waals surface area contributed by atoms with Crippen molar-refractivity contribution in [2.45, 2.75) is 5.79 Å². The van der Waals surface area contributed by atoms with Gasteiger partial charge in [-0.05, 0) is 6.07 Å².